The minimum atomic E-state index is -1.08. The number of nitrogens with zero attached hydrogens (tertiary/aromatic N) is 14. The molecule has 0 N–H and O–H groups in total. The van der Waals surface area contributed by atoms with Gasteiger partial charge in [0, 0.05) is 79.9 Å². The third-order valence-electron chi connectivity index (χ3n) is 2.83. The average Bonchev–Trinajstić information content (AvgIpc) is 3.14. The molecule has 0 spiro atoms. The van der Waals surface area contributed by atoms with Crippen molar-refractivity contribution in [3.8, 4) is 0 Å². The maximum Gasteiger partial charge on any atom is 2.00 e. The first-order valence-corrected chi connectivity index (χ1v) is 13.2. The number of carbonyl (C=O) groups excluding carboxylic acids is 3. The number of carboxylic acid groups (broad SMARTS) is 3. The van der Waals surface area contributed by atoms with E-state index >= 15 is 0 Å². The van der Waals surface area contributed by atoms with Crippen LogP contribution in [0.1, 0.15) is 20.8 Å². The fraction of sp³-hybridized carbons (Fsp3) is 0.0968. The van der Waals surface area contributed by atoms with Gasteiger partial charge in [-0.1, -0.05) is 30.3 Å². The van der Waals surface area contributed by atoms with Gasteiger partial charge in [0.25, 0.3) is 0 Å². The monoisotopic (exact) mass is 872 g/mol. The van der Waals surface area contributed by atoms with E-state index in [9.17, 15) is 0 Å². The first-order valence-electron chi connectivity index (χ1n) is 13.2. The van der Waals surface area contributed by atoms with Gasteiger partial charge in [-0.15, -0.1) is 0 Å². The van der Waals surface area contributed by atoms with Gasteiger partial charge in [0.15, 0.2) is 0 Å². The molecule has 54 heavy (non-hydrogen) atoms. The van der Waals surface area contributed by atoms with Gasteiger partial charge in [0.05, 0.1) is 0 Å². The number of carboxylic acids is 3. The summed E-state index contributed by atoms with van der Waals surface area (Å²) < 4.78 is 0. The Kier molecular flexibility index (Phi) is 98.2. The Labute approximate surface area is 342 Å². The van der Waals surface area contributed by atoms with Crippen LogP contribution in [0.3, 0.4) is 0 Å². The molecule has 5 rings (SSSR count). The molecule has 0 unspecified atom stereocenters. The molecule has 23 heteroatoms. The Balaban J connectivity index is -0.0000000593. The van der Waals surface area contributed by atoms with Gasteiger partial charge in [-0.2, -0.15) is 0 Å². The molecule has 0 aromatic carbocycles. The van der Waals surface area contributed by atoms with E-state index in [0.717, 1.165) is 20.8 Å². The van der Waals surface area contributed by atoms with Crippen LogP contribution in [0.25, 0.3) is 47.9 Å². The molecule has 0 bridgehead atoms. The number of aliphatic carboxylic acids is 3. The van der Waals surface area contributed by atoms with E-state index in [2.05, 4.69) is 24.9 Å². The molecule has 0 saturated heterocycles. The number of pyridine rings is 5. The van der Waals surface area contributed by atoms with Crippen LogP contribution in [0, 0.1) is 0 Å². The van der Waals surface area contributed by atoms with Crippen molar-refractivity contribution < 1.29 is 79.2 Å². The van der Waals surface area contributed by atoms with Crippen molar-refractivity contribution in [3.05, 3.63) is 201 Å². The quantitative estimate of drug-likeness (QED) is 0.0915. The zero-order valence-corrected chi connectivity index (χ0v) is 31.6. The van der Waals surface area contributed by atoms with Crippen molar-refractivity contribution in [1.29, 1.82) is 0 Å². The Morgan fingerprint density at radius 1 is 0.333 bits per heavy atom. The van der Waals surface area contributed by atoms with Crippen LogP contribution < -0.4 is 15.3 Å². The first kappa shape index (κ1) is 69.4. The van der Waals surface area contributed by atoms with E-state index in [1.54, 1.807) is 62.0 Å². The Morgan fingerprint density at radius 3 is 0.426 bits per heavy atom. The first-order chi connectivity index (χ1) is 24.4. The number of hydrogen-bond acceptors (Lipinski definition) is 11. The predicted octanol–water partition coefficient (Wildman–Crippen LogP) is 4.27. The van der Waals surface area contributed by atoms with Gasteiger partial charge in [-0.25, -0.2) is 0 Å². The summed E-state index contributed by atoms with van der Waals surface area (Å²) in [6.45, 7) is 2.92. The van der Waals surface area contributed by atoms with Crippen molar-refractivity contribution in [2.75, 3.05) is 0 Å². The summed E-state index contributed by atoms with van der Waals surface area (Å²) in [5.41, 5.74) is 40.5. The fourth-order valence-electron chi connectivity index (χ4n) is 1.56. The molecule has 0 radical (unpaired) electrons. The molecule has 0 aliphatic rings. The minimum Gasteiger partial charge on any atom is -0.550 e. The Hall–Kier alpha value is -6.43. The van der Waals surface area contributed by atoms with Crippen LogP contribution in [0.15, 0.2) is 153 Å². The van der Waals surface area contributed by atoms with E-state index < -0.39 is 17.9 Å². The molecule has 0 aliphatic carbocycles. The topological polar surface area (TPSA) is 361 Å². The fourth-order valence-corrected chi connectivity index (χ4v) is 1.56. The van der Waals surface area contributed by atoms with E-state index in [0.29, 0.717) is 0 Å². The molecule has 294 valence electrons. The second-order valence-electron chi connectivity index (χ2n) is 6.87. The summed E-state index contributed by atoms with van der Waals surface area (Å²) in [7, 11) is 0. The SMILES string of the molecule is CC(=O)[O-].CC(=O)[O-].CC(=O)[O-].[N-]=[N+]=[N-].[N-]=[N+]=[N-].[N-]=[N+]=[N-].[Ni+2].[Ni+2].[Ni+2].c1ccncc1.c1ccncc1.c1ccncc1.c1ccncc1.c1ccncc1. The van der Waals surface area contributed by atoms with Crippen LogP contribution in [-0.2, 0) is 63.9 Å². The summed E-state index contributed by atoms with van der Waals surface area (Å²) in [5, 5.41) is 26.7. The molecule has 5 heterocycles. The molecule has 0 saturated carbocycles. The third kappa shape index (κ3) is 163. The van der Waals surface area contributed by atoms with Crippen LogP contribution in [0.5, 0.6) is 0 Å². The van der Waals surface area contributed by atoms with Crippen LogP contribution in [0.2, 0.25) is 0 Å². The minimum absolute atomic E-state index is 0. The normalized spacial score (nSPS) is 6.28. The van der Waals surface area contributed by atoms with E-state index in [-0.39, 0.29) is 49.5 Å². The molecule has 0 amide bonds. The standard InChI is InChI=1S/5C5H5N.3C2H4O2.3N3.3Ni/c5*1-2-4-6-5-3-1;3*1-2(3)4;3*1-3-2;;;/h5*1-5H;3*1H3,(H,3,4);;;;;;/q;;;;;;;;3*-1;3*+2/p-3. The van der Waals surface area contributed by atoms with Crippen LogP contribution in [0.4, 0.5) is 0 Å². The van der Waals surface area contributed by atoms with Crippen molar-refractivity contribution in [3.63, 3.8) is 0 Å². The maximum absolute atomic E-state index is 8.89. The van der Waals surface area contributed by atoms with Gasteiger partial charge in [0.1, 0.15) is 0 Å². The maximum atomic E-state index is 8.89. The average molecular weight is 875 g/mol. The van der Waals surface area contributed by atoms with Gasteiger partial charge in [-0.05, 0) is 81.4 Å². The Morgan fingerprint density at radius 2 is 0.407 bits per heavy atom. The third-order valence-corrected chi connectivity index (χ3v) is 2.83. The van der Waals surface area contributed by atoms with E-state index in [4.69, 9.17) is 62.9 Å². The largest absolute Gasteiger partial charge is 2.00 e. The van der Waals surface area contributed by atoms with Gasteiger partial charge < -0.3 is 62.9 Å². The summed E-state index contributed by atoms with van der Waals surface area (Å²) >= 11 is 0. The van der Waals surface area contributed by atoms with Crippen molar-refractivity contribution >= 4 is 17.9 Å². The van der Waals surface area contributed by atoms with Crippen LogP contribution in [-0.4, -0.2) is 42.8 Å². The zero-order chi connectivity index (χ0) is 40.1. The molecule has 20 nitrogen and oxygen atoms in total. The number of rotatable bonds is 0. The van der Waals surface area contributed by atoms with E-state index in [1.807, 2.05) is 91.0 Å². The second-order valence-corrected chi connectivity index (χ2v) is 6.87. The molecular weight excluding hydrogens is 841 g/mol. The zero-order valence-electron chi connectivity index (χ0n) is 28.6. The van der Waals surface area contributed by atoms with Gasteiger partial charge >= 0.3 is 49.5 Å². The summed E-state index contributed by atoms with van der Waals surface area (Å²) in [4.78, 5) is 50.1. The molecule has 0 fully saturated rings. The molecular formula is C31H34N14Ni3O6. The molecule has 5 aromatic heterocycles. The number of hydrogen-bond donors (Lipinski definition) is 0. The van der Waals surface area contributed by atoms with E-state index in [1.165, 1.54) is 14.7 Å². The predicted molar refractivity (Wildman–Crippen MR) is 183 cm³/mol. The van der Waals surface area contributed by atoms with Gasteiger partial charge in [-0.3, -0.25) is 39.7 Å². The number of carbonyl (C=O) groups is 3. The van der Waals surface area contributed by atoms with Crippen molar-refractivity contribution in [2.24, 2.45) is 0 Å². The second kappa shape index (κ2) is 76.4. The smallest absolute Gasteiger partial charge is 0.550 e. The molecule has 5 aromatic rings. The molecule has 0 atom stereocenters. The van der Waals surface area contributed by atoms with Crippen molar-refractivity contribution in [1.82, 2.24) is 24.9 Å². The molecule has 0 aliphatic heterocycles. The van der Waals surface area contributed by atoms with Crippen LogP contribution >= 0.6 is 0 Å². The summed E-state index contributed by atoms with van der Waals surface area (Å²) in [5.74, 6) is -3.25. The Bertz CT molecular complexity index is 1090. The summed E-state index contributed by atoms with van der Waals surface area (Å²) in [6.07, 6.45) is 17.5. The van der Waals surface area contributed by atoms with Crippen molar-refractivity contribution in [2.45, 2.75) is 20.8 Å². The number of aromatic nitrogens is 5. The summed E-state index contributed by atoms with van der Waals surface area (Å²) in [6, 6.07) is 28.6. The van der Waals surface area contributed by atoms with Gasteiger partial charge in [0.2, 0.25) is 0 Å².